The second-order valence-corrected chi connectivity index (χ2v) is 5.80. The molecule has 112 valence electrons. The van der Waals surface area contributed by atoms with Crippen molar-refractivity contribution in [3.8, 4) is 11.4 Å². The monoisotopic (exact) mass is 286 g/mol. The molecule has 1 unspecified atom stereocenters. The van der Waals surface area contributed by atoms with E-state index in [2.05, 4.69) is 27.4 Å². The predicted octanol–water partition coefficient (Wildman–Crippen LogP) is 2.76. The molecule has 0 spiro atoms. The van der Waals surface area contributed by atoms with Gasteiger partial charge in [0, 0.05) is 30.4 Å². The first-order valence-corrected chi connectivity index (χ1v) is 7.75. The van der Waals surface area contributed by atoms with E-state index in [-0.39, 0.29) is 0 Å². The van der Waals surface area contributed by atoms with E-state index in [1.54, 1.807) is 6.20 Å². The average Bonchev–Trinajstić information content (AvgIpc) is 3.24. The van der Waals surface area contributed by atoms with E-state index < -0.39 is 0 Å². The third-order valence-electron chi connectivity index (χ3n) is 3.97. The summed E-state index contributed by atoms with van der Waals surface area (Å²) in [4.78, 5) is 8.65. The number of nitrogens with zero attached hydrogens (tertiary/aromatic N) is 3. The Hall–Kier alpha value is -1.75. The van der Waals surface area contributed by atoms with Crippen molar-refractivity contribution in [1.29, 1.82) is 0 Å². The fourth-order valence-electron chi connectivity index (χ4n) is 2.59. The van der Waals surface area contributed by atoms with Crippen LogP contribution in [0, 0.1) is 12.8 Å². The minimum absolute atomic E-state index is 0.469. The summed E-state index contributed by atoms with van der Waals surface area (Å²) in [5, 5.41) is 7.72. The molecule has 0 bridgehead atoms. The lowest BCUT2D eigenvalue weighted by Gasteiger charge is -2.15. The van der Waals surface area contributed by atoms with Gasteiger partial charge in [0.05, 0.1) is 0 Å². The first-order valence-electron chi connectivity index (χ1n) is 7.75. The number of pyridine rings is 1. The summed E-state index contributed by atoms with van der Waals surface area (Å²) in [7, 11) is 0. The van der Waals surface area contributed by atoms with Crippen LogP contribution in [0.5, 0.6) is 0 Å². The Bertz CT molecular complexity index is 591. The normalized spacial score (nSPS) is 16.1. The molecule has 2 aromatic heterocycles. The summed E-state index contributed by atoms with van der Waals surface area (Å²) in [6, 6.07) is 2.40. The van der Waals surface area contributed by atoms with Gasteiger partial charge in [-0.05, 0) is 50.3 Å². The van der Waals surface area contributed by atoms with Crippen LogP contribution in [0.15, 0.2) is 23.0 Å². The lowest BCUT2D eigenvalue weighted by atomic mass is 10.1. The Morgan fingerprint density at radius 3 is 3.00 bits per heavy atom. The van der Waals surface area contributed by atoms with Crippen LogP contribution in [-0.2, 0) is 6.42 Å². The van der Waals surface area contributed by atoms with Gasteiger partial charge in [-0.1, -0.05) is 12.1 Å². The van der Waals surface area contributed by atoms with Crippen LogP contribution in [0.25, 0.3) is 11.4 Å². The lowest BCUT2D eigenvalue weighted by Crippen LogP contribution is -2.33. The van der Waals surface area contributed by atoms with Gasteiger partial charge in [0.15, 0.2) is 0 Å². The van der Waals surface area contributed by atoms with Gasteiger partial charge < -0.3 is 9.84 Å². The molecule has 1 fully saturated rings. The molecule has 2 heterocycles. The van der Waals surface area contributed by atoms with Gasteiger partial charge in [-0.15, -0.1) is 0 Å². The highest BCUT2D eigenvalue weighted by Gasteiger charge is 2.32. The average molecular weight is 286 g/mol. The molecule has 0 radical (unpaired) electrons. The Labute approximate surface area is 125 Å². The minimum atomic E-state index is 0.469. The van der Waals surface area contributed by atoms with Crippen molar-refractivity contribution >= 4 is 0 Å². The predicted molar refractivity (Wildman–Crippen MR) is 80.8 cm³/mol. The molecule has 3 rings (SSSR count). The van der Waals surface area contributed by atoms with E-state index in [0.29, 0.717) is 11.9 Å². The molecular formula is C16H22N4O. The largest absolute Gasteiger partial charge is 0.339 e. The SMILES string of the molecule is CCCNC(Cc1nc(-c2ccncc2C)no1)C1CC1. The van der Waals surface area contributed by atoms with Crippen molar-refractivity contribution in [2.45, 2.75) is 45.6 Å². The summed E-state index contributed by atoms with van der Waals surface area (Å²) < 4.78 is 5.44. The van der Waals surface area contributed by atoms with E-state index in [1.807, 2.05) is 19.2 Å². The Kier molecular flexibility index (Phi) is 4.29. The molecule has 5 nitrogen and oxygen atoms in total. The number of aromatic nitrogens is 3. The maximum absolute atomic E-state index is 5.44. The number of aryl methyl sites for hydroxylation is 1. The van der Waals surface area contributed by atoms with Gasteiger partial charge in [-0.2, -0.15) is 4.98 Å². The van der Waals surface area contributed by atoms with E-state index in [0.717, 1.165) is 42.3 Å². The molecule has 1 atom stereocenters. The van der Waals surface area contributed by atoms with E-state index in [1.165, 1.54) is 12.8 Å². The van der Waals surface area contributed by atoms with Crippen molar-refractivity contribution in [1.82, 2.24) is 20.4 Å². The Morgan fingerprint density at radius 1 is 1.43 bits per heavy atom. The summed E-state index contributed by atoms with van der Waals surface area (Å²) in [6.45, 7) is 5.24. The molecule has 5 heteroatoms. The number of rotatable bonds is 7. The fourth-order valence-corrected chi connectivity index (χ4v) is 2.59. The summed E-state index contributed by atoms with van der Waals surface area (Å²) in [5.41, 5.74) is 2.05. The van der Waals surface area contributed by atoms with E-state index in [4.69, 9.17) is 4.52 Å². The number of nitrogens with one attached hydrogen (secondary N) is 1. The topological polar surface area (TPSA) is 63.8 Å². The van der Waals surface area contributed by atoms with Crippen LogP contribution in [0.1, 0.15) is 37.6 Å². The Balaban J connectivity index is 1.71. The molecule has 0 aliphatic heterocycles. The number of hydrogen-bond donors (Lipinski definition) is 1. The standard InChI is InChI=1S/C16H22N4O/c1-3-7-18-14(12-4-5-12)9-15-19-16(20-21-15)13-6-8-17-10-11(13)2/h6,8,10,12,14,18H,3-5,7,9H2,1-2H3. The van der Waals surface area contributed by atoms with Crippen LogP contribution in [0.4, 0.5) is 0 Å². The van der Waals surface area contributed by atoms with Crippen molar-refractivity contribution in [2.75, 3.05) is 6.54 Å². The third kappa shape index (κ3) is 3.47. The minimum Gasteiger partial charge on any atom is -0.339 e. The molecule has 0 amide bonds. The van der Waals surface area contributed by atoms with Crippen LogP contribution in [-0.4, -0.2) is 27.7 Å². The molecule has 0 saturated heterocycles. The van der Waals surface area contributed by atoms with Gasteiger partial charge in [-0.25, -0.2) is 0 Å². The van der Waals surface area contributed by atoms with E-state index >= 15 is 0 Å². The van der Waals surface area contributed by atoms with Crippen molar-refractivity contribution < 1.29 is 4.52 Å². The summed E-state index contributed by atoms with van der Waals surface area (Å²) in [5.74, 6) is 2.16. The number of hydrogen-bond acceptors (Lipinski definition) is 5. The van der Waals surface area contributed by atoms with Gasteiger partial charge in [0.25, 0.3) is 0 Å². The molecule has 1 N–H and O–H groups in total. The van der Waals surface area contributed by atoms with Crippen LogP contribution < -0.4 is 5.32 Å². The molecule has 1 aliphatic carbocycles. The maximum Gasteiger partial charge on any atom is 0.228 e. The first kappa shape index (κ1) is 14.2. The highest BCUT2D eigenvalue weighted by atomic mass is 16.5. The molecular weight excluding hydrogens is 264 g/mol. The van der Waals surface area contributed by atoms with Gasteiger partial charge in [0.1, 0.15) is 0 Å². The highest BCUT2D eigenvalue weighted by Crippen LogP contribution is 2.34. The van der Waals surface area contributed by atoms with Crippen molar-refractivity contribution in [3.05, 3.63) is 29.9 Å². The van der Waals surface area contributed by atoms with Gasteiger partial charge in [-0.3, -0.25) is 4.98 Å². The van der Waals surface area contributed by atoms with Crippen molar-refractivity contribution in [2.24, 2.45) is 5.92 Å². The third-order valence-corrected chi connectivity index (χ3v) is 3.97. The van der Waals surface area contributed by atoms with Gasteiger partial charge >= 0.3 is 0 Å². The molecule has 0 aromatic carbocycles. The highest BCUT2D eigenvalue weighted by molar-refractivity contribution is 5.57. The zero-order chi connectivity index (χ0) is 14.7. The van der Waals surface area contributed by atoms with E-state index in [9.17, 15) is 0 Å². The smallest absolute Gasteiger partial charge is 0.228 e. The summed E-state index contributed by atoms with van der Waals surface area (Å²) in [6.07, 6.45) is 8.17. The maximum atomic E-state index is 5.44. The van der Waals surface area contributed by atoms with Crippen molar-refractivity contribution in [3.63, 3.8) is 0 Å². The Morgan fingerprint density at radius 2 is 2.29 bits per heavy atom. The first-order chi connectivity index (χ1) is 10.3. The second-order valence-electron chi connectivity index (χ2n) is 5.80. The molecule has 2 aromatic rings. The fraction of sp³-hybridized carbons (Fsp3) is 0.562. The van der Waals surface area contributed by atoms with Gasteiger partial charge in [0.2, 0.25) is 11.7 Å². The van der Waals surface area contributed by atoms with Crippen LogP contribution in [0.3, 0.4) is 0 Å². The molecule has 1 saturated carbocycles. The van der Waals surface area contributed by atoms with Crippen LogP contribution >= 0.6 is 0 Å². The zero-order valence-corrected chi connectivity index (χ0v) is 12.7. The molecule has 1 aliphatic rings. The van der Waals surface area contributed by atoms with Crippen LogP contribution in [0.2, 0.25) is 0 Å². The zero-order valence-electron chi connectivity index (χ0n) is 12.7. The molecule has 21 heavy (non-hydrogen) atoms. The second kappa shape index (κ2) is 6.35. The summed E-state index contributed by atoms with van der Waals surface area (Å²) >= 11 is 0. The lowest BCUT2D eigenvalue weighted by molar-refractivity contribution is 0.346. The quantitative estimate of drug-likeness (QED) is 0.848.